The molecule has 6 unspecified atom stereocenters. The minimum absolute atomic E-state index is 0.362. The highest BCUT2D eigenvalue weighted by Crippen LogP contribution is 2.69. The number of fused-ring (bicyclic) bond motifs is 5. The summed E-state index contributed by atoms with van der Waals surface area (Å²) < 4.78 is 0. The zero-order chi connectivity index (χ0) is 21.2. The largest absolute Gasteiger partial charge is 0.481 e. The van der Waals surface area contributed by atoms with Crippen molar-refractivity contribution in [3.8, 4) is 0 Å². The van der Waals surface area contributed by atoms with Crippen LogP contribution in [0.2, 0.25) is 0 Å². The molecule has 29 heavy (non-hydrogen) atoms. The second kappa shape index (κ2) is 9.31. The van der Waals surface area contributed by atoms with Crippen LogP contribution in [0.5, 0.6) is 0 Å². The molecule has 8 atom stereocenters. The van der Waals surface area contributed by atoms with E-state index in [0.717, 1.165) is 48.3 Å². The van der Waals surface area contributed by atoms with E-state index in [2.05, 4.69) is 20.8 Å². The van der Waals surface area contributed by atoms with Crippen LogP contribution in [0.1, 0.15) is 118 Å². The number of hydrogen-bond donors (Lipinski definition) is 1. The molecule has 0 heterocycles. The fourth-order valence-corrected chi connectivity index (χ4v) is 9.10. The van der Waals surface area contributed by atoms with Gasteiger partial charge >= 0.3 is 5.97 Å². The predicted octanol–water partition coefficient (Wildman–Crippen LogP) is 7.95. The average Bonchev–Trinajstić information content (AvgIpc) is 3.05. The quantitative estimate of drug-likeness (QED) is 0.504. The van der Waals surface area contributed by atoms with Gasteiger partial charge < -0.3 is 5.11 Å². The summed E-state index contributed by atoms with van der Waals surface area (Å²) in [6, 6.07) is 0. The van der Waals surface area contributed by atoms with Crippen LogP contribution in [-0.4, -0.2) is 11.1 Å². The third kappa shape index (κ3) is 4.03. The van der Waals surface area contributed by atoms with Gasteiger partial charge in [0.05, 0.1) is 0 Å². The van der Waals surface area contributed by atoms with Gasteiger partial charge in [-0.25, -0.2) is 0 Å². The van der Waals surface area contributed by atoms with E-state index in [1.165, 1.54) is 64.2 Å². The molecule has 0 aliphatic heterocycles. The number of hydrogen-bond acceptors (Lipinski definition) is 1. The van der Waals surface area contributed by atoms with E-state index in [0.29, 0.717) is 17.3 Å². The highest BCUT2D eigenvalue weighted by Gasteiger charge is 2.60. The highest BCUT2D eigenvalue weighted by atomic mass is 16.4. The lowest BCUT2D eigenvalue weighted by Crippen LogP contribution is -2.55. The molecule has 4 rings (SSSR count). The predicted molar refractivity (Wildman–Crippen MR) is 122 cm³/mol. The zero-order valence-corrected chi connectivity index (χ0v) is 20.0. The number of aliphatic carboxylic acids is 1. The van der Waals surface area contributed by atoms with E-state index in [9.17, 15) is 4.79 Å². The summed E-state index contributed by atoms with van der Waals surface area (Å²) in [6.07, 6.45) is 16.9. The fraction of sp³-hybridized carbons (Fsp3) is 0.963. The smallest absolute Gasteiger partial charge is 0.303 e. The molecule has 1 N–H and O–H groups in total. The Bertz CT molecular complexity index is 557. The van der Waals surface area contributed by atoms with Crippen molar-refractivity contribution in [2.75, 3.05) is 0 Å². The van der Waals surface area contributed by atoms with E-state index in [4.69, 9.17) is 5.11 Å². The van der Waals surface area contributed by atoms with Gasteiger partial charge in [-0.2, -0.15) is 0 Å². The van der Waals surface area contributed by atoms with Crippen LogP contribution < -0.4 is 0 Å². The van der Waals surface area contributed by atoms with E-state index in [1.807, 2.05) is 13.8 Å². The number of carbonyl (C=O) groups is 1. The summed E-state index contributed by atoms with van der Waals surface area (Å²) in [4.78, 5) is 11.0. The Morgan fingerprint density at radius 2 is 1.66 bits per heavy atom. The van der Waals surface area contributed by atoms with Crippen molar-refractivity contribution >= 4 is 5.97 Å². The topological polar surface area (TPSA) is 37.3 Å². The molecule has 0 radical (unpaired) electrons. The van der Waals surface area contributed by atoms with Gasteiger partial charge in [-0.3, -0.25) is 4.79 Å². The monoisotopic (exact) mass is 404 g/mol. The summed E-state index contributed by atoms with van der Waals surface area (Å²) in [5.74, 6) is 4.96. The van der Waals surface area contributed by atoms with Crippen LogP contribution >= 0.6 is 0 Å². The number of rotatable bonds is 5. The zero-order valence-electron chi connectivity index (χ0n) is 20.0. The van der Waals surface area contributed by atoms with Gasteiger partial charge in [-0.15, -0.1) is 0 Å². The summed E-state index contributed by atoms with van der Waals surface area (Å²) in [5.41, 5.74) is 1.11. The molecule has 4 saturated carbocycles. The second-order valence-corrected chi connectivity index (χ2v) is 11.2. The van der Waals surface area contributed by atoms with Crippen LogP contribution in [0.25, 0.3) is 0 Å². The van der Waals surface area contributed by atoms with E-state index >= 15 is 0 Å². The van der Waals surface area contributed by atoms with Gasteiger partial charge in [0.1, 0.15) is 0 Å². The summed E-state index contributed by atoms with van der Waals surface area (Å²) in [5, 5.41) is 9.03. The van der Waals surface area contributed by atoms with Crippen LogP contribution in [0, 0.1) is 46.3 Å². The van der Waals surface area contributed by atoms with Crippen LogP contribution in [-0.2, 0) is 4.79 Å². The maximum atomic E-state index is 11.0. The van der Waals surface area contributed by atoms with Gasteiger partial charge in [-0.05, 0) is 104 Å². The average molecular weight is 405 g/mol. The van der Waals surface area contributed by atoms with Gasteiger partial charge in [0.25, 0.3) is 0 Å². The third-order valence-corrected chi connectivity index (χ3v) is 10.4. The van der Waals surface area contributed by atoms with Crippen molar-refractivity contribution in [1.82, 2.24) is 0 Å². The van der Waals surface area contributed by atoms with Crippen molar-refractivity contribution in [2.45, 2.75) is 118 Å². The van der Waals surface area contributed by atoms with E-state index in [-0.39, 0.29) is 0 Å². The Labute approximate surface area is 180 Å². The third-order valence-electron chi connectivity index (χ3n) is 10.4. The van der Waals surface area contributed by atoms with Gasteiger partial charge in [0.15, 0.2) is 0 Å². The Balaban J connectivity index is 0.00000117. The molecule has 4 aliphatic carbocycles. The Kier molecular flexibility index (Phi) is 7.43. The lowest BCUT2D eigenvalue weighted by Gasteiger charge is -2.62. The maximum absolute atomic E-state index is 11.0. The fourth-order valence-electron chi connectivity index (χ4n) is 9.10. The first kappa shape index (κ1) is 23.1. The molecule has 0 aromatic heterocycles. The van der Waals surface area contributed by atoms with Crippen molar-refractivity contribution in [2.24, 2.45) is 46.3 Å². The number of carboxylic acid groups (broad SMARTS) is 1. The molecular weight excluding hydrogens is 356 g/mol. The van der Waals surface area contributed by atoms with Gasteiger partial charge in [0, 0.05) is 6.42 Å². The molecule has 0 aromatic carbocycles. The molecule has 0 aromatic rings. The molecule has 2 heteroatoms. The molecule has 2 nitrogen and oxygen atoms in total. The summed E-state index contributed by atoms with van der Waals surface area (Å²) in [6.45, 7) is 11.7. The van der Waals surface area contributed by atoms with Gasteiger partial charge in [-0.1, -0.05) is 53.9 Å². The van der Waals surface area contributed by atoms with Crippen LogP contribution in [0.15, 0.2) is 0 Å². The normalized spacial score (nSPS) is 46.0. The van der Waals surface area contributed by atoms with Crippen molar-refractivity contribution in [3.05, 3.63) is 0 Å². The lowest BCUT2D eigenvalue weighted by atomic mass is 9.42. The van der Waals surface area contributed by atoms with Crippen molar-refractivity contribution in [1.29, 1.82) is 0 Å². The van der Waals surface area contributed by atoms with Crippen molar-refractivity contribution in [3.63, 3.8) is 0 Å². The Morgan fingerprint density at radius 3 is 2.34 bits per heavy atom. The van der Waals surface area contributed by atoms with E-state index < -0.39 is 5.97 Å². The molecule has 0 saturated heterocycles. The standard InChI is InChI=1S/C25H42O2.C2H6/c1-4-17-16-19-21-12-11-18(8-7-10-23(26)27)24(21,2)15-13-22(19)25(3)14-6-5-9-20(17)25;1-2/h17-22H,4-16H2,1-3H3,(H,26,27);1-2H3/t17-,18?,19?,20?,21?,22-,24?,25?;/m0./s1. The minimum Gasteiger partial charge on any atom is -0.481 e. The van der Waals surface area contributed by atoms with Crippen molar-refractivity contribution < 1.29 is 9.90 Å². The minimum atomic E-state index is -0.618. The first-order chi connectivity index (χ1) is 13.9. The molecule has 0 spiro atoms. The SMILES string of the molecule is CC.CC[C@H]1CC2C3CCC(CCCC(=O)O)C3(C)CC[C@@H]2C2(C)CCCCC12. The number of carboxylic acids is 1. The van der Waals surface area contributed by atoms with Crippen LogP contribution in [0.3, 0.4) is 0 Å². The highest BCUT2D eigenvalue weighted by molar-refractivity contribution is 5.66. The lowest BCUT2D eigenvalue weighted by molar-refractivity contribution is -0.138. The molecule has 4 aliphatic rings. The van der Waals surface area contributed by atoms with Gasteiger partial charge in [0.2, 0.25) is 0 Å². The Morgan fingerprint density at radius 1 is 0.931 bits per heavy atom. The summed E-state index contributed by atoms with van der Waals surface area (Å²) >= 11 is 0. The second-order valence-electron chi connectivity index (χ2n) is 11.2. The van der Waals surface area contributed by atoms with E-state index in [1.54, 1.807) is 0 Å². The molecule has 0 bridgehead atoms. The van der Waals surface area contributed by atoms with Crippen LogP contribution in [0.4, 0.5) is 0 Å². The summed E-state index contributed by atoms with van der Waals surface area (Å²) in [7, 11) is 0. The first-order valence-corrected chi connectivity index (χ1v) is 13.1. The molecule has 4 fully saturated rings. The Hall–Kier alpha value is -0.530. The molecule has 168 valence electrons. The first-order valence-electron chi connectivity index (χ1n) is 13.1. The molecular formula is C27H48O2. The maximum Gasteiger partial charge on any atom is 0.303 e. The molecule has 0 amide bonds.